The molecule has 0 spiro atoms. The number of nitrogens with one attached hydrogen (secondary N) is 1. The standard InChI is InChI=1S/C21H22FN3O2S/c1-2-3-12-27-18-7-5-4-6-16(18)14-23-25-21-24-20(26)19(28-21)13-15-8-10-17(22)11-9-15/h4-11,14,19H,2-3,12-13H2,1H3,(H,24,25,26)/b23-14+. The molecule has 0 aliphatic carbocycles. The second-order valence-corrected chi connectivity index (χ2v) is 7.51. The van der Waals surface area contributed by atoms with Crippen LogP contribution < -0.4 is 10.1 Å². The molecule has 1 heterocycles. The van der Waals surface area contributed by atoms with E-state index in [4.69, 9.17) is 4.74 Å². The summed E-state index contributed by atoms with van der Waals surface area (Å²) in [6.07, 6.45) is 4.19. The Morgan fingerprint density at radius 3 is 2.79 bits per heavy atom. The largest absolute Gasteiger partial charge is 0.493 e. The number of nitrogens with zero attached hydrogens (tertiary/aromatic N) is 2. The molecule has 5 nitrogen and oxygen atoms in total. The zero-order valence-corrected chi connectivity index (χ0v) is 16.4. The molecule has 0 radical (unpaired) electrons. The van der Waals surface area contributed by atoms with Gasteiger partial charge in [-0.15, -0.1) is 5.10 Å². The van der Waals surface area contributed by atoms with Crippen LogP contribution in [-0.4, -0.2) is 29.1 Å². The van der Waals surface area contributed by atoms with Crippen molar-refractivity contribution in [2.75, 3.05) is 6.61 Å². The molecule has 7 heteroatoms. The van der Waals surface area contributed by atoms with E-state index in [-0.39, 0.29) is 17.0 Å². The Morgan fingerprint density at radius 1 is 1.21 bits per heavy atom. The maximum Gasteiger partial charge on any atom is 0.239 e. The summed E-state index contributed by atoms with van der Waals surface area (Å²) < 4.78 is 18.8. The van der Waals surface area contributed by atoms with E-state index in [1.165, 1.54) is 23.9 Å². The third kappa shape index (κ3) is 5.66. The highest BCUT2D eigenvalue weighted by Gasteiger charge is 2.30. The van der Waals surface area contributed by atoms with Crippen LogP contribution >= 0.6 is 11.8 Å². The topological polar surface area (TPSA) is 63.1 Å². The van der Waals surface area contributed by atoms with Gasteiger partial charge < -0.3 is 10.1 Å². The fourth-order valence-corrected chi connectivity index (χ4v) is 3.57. The number of benzene rings is 2. The molecule has 0 saturated carbocycles. The van der Waals surface area contributed by atoms with E-state index in [9.17, 15) is 9.18 Å². The number of hydrogen-bond acceptors (Lipinski definition) is 5. The monoisotopic (exact) mass is 399 g/mol. The lowest BCUT2D eigenvalue weighted by molar-refractivity contribution is -0.118. The van der Waals surface area contributed by atoms with Gasteiger partial charge in [0.05, 0.1) is 18.1 Å². The minimum Gasteiger partial charge on any atom is -0.493 e. The lowest BCUT2D eigenvalue weighted by atomic mass is 10.1. The number of amidine groups is 1. The number of thioether (sulfide) groups is 1. The molecule has 2 aromatic rings. The second kappa shape index (κ2) is 10.0. The number of ether oxygens (including phenoxy) is 1. The molecule has 1 N–H and O–H groups in total. The maximum atomic E-state index is 13.0. The van der Waals surface area contributed by atoms with Crippen LogP contribution in [0.2, 0.25) is 0 Å². The van der Waals surface area contributed by atoms with Crippen LogP contribution in [0.3, 0.4) is 0 Å². The first-order valence-electron chi connectivity index (χ1n) is 9.20. The summed E-state index contributed by atoms with van der Waals surface area (Å²) in [5.41, 5.74) is 1.73. The summed E-state index contributed by atoms with van der Waals surface area (Å²) >= 11 is 1.32. The van der Waals surface area contributed by atoms with Gasteiger partial charge in [-0.25, -0.2) is 4.39 Å². The summed E-state index contributed by atoms with van der Waals surface area (Å²) in [6, 6.07) is 13.8. The minimum atomic E-state index is -0.302. The lowest BCUT2D eigenvalue weighted by Gasteiger charge is -2.07. The van der Waals surface area contributed by atoms with E-state index >= 15 is 0 Å². The van der Waals surface area contributed by atoms with Gasteiger partial charge in [-0.1, -0.05) is 49.4 Å². The molecule has 1 aliphatic heterocycles. The highest BCUT2D eigenvalue weighted by molar-refractivity contribution is 8.15. The van der Waals surface area contributed by atoms with Gasteiger partial charge in [0.15, 0.2) is 5.17 Å². The zero-order chi connectivity index (χ0) is 19.8. The number of carbonyl (C=O) groups is 1. The van der Waals surface area contributed by atoms with Crippen molar-refractivity contribution in [2.45, 2.75) is 31.4 Å². The number of rotatable bonds is 8. The van der Waals surface area contributed by atoms with E-state index in [0.717, 1.165) is 29.7 Å². The van der Waals surface area contributed by atoms with Gasteiger partial charge in [0.25, 0.3) is 0 Å². The lowest BCUT2D eigenvalue weighted by Crippen LogP contribution is -2.25. The van der Waals surface area contributed by atoms with Gasteiger partial charge in [-0.2, -0.15) is 5.10 Å². The number of amides is 1. The molecule has 1 atom stereocenters. The average Bonchev–Trinajstić information content (AvgIpc) is 3.04. The van der Waals surface area contributed by atoms with Crippen LogP contribution in [0.15, 0.2) is 58.7 Å². The molecule has 1 unspecified atom stereocenters. The Kier molecular flexibility index (Phi) is 7.19. The SMILES string of the molecule is CCCCOc1ccccc1/C=N/N=C1\NC(=O)C(Cc2ccc(F)cc2)S1. The van der Waals surface area contributed by atoms with Gasteiger partial charge in [0, 0.05) is 5.56 Å². The Balaban J connectivity index is 1.60. The first kappa shape index (κ1) is 20.1. The van der Waals surface area contributed by atoms with Gasteiger partial charge in [-0.3, -0.25) is 4.79 Å². The number of hydrogen-bond donors (Lipinski definition) is 1. The van der Waals surface area contributed by atoms with E-state index < -0.39 is 0 Å². The van der Waals surface area contributed by atoms with Crippen molar-refractivity contribution < 1.29 is 13.9 Å². The van der Waals surface area contributed by atoms with Gasteiger partial charge in [0.1, 0.15) is 11.6 Å². The Hall–Kier alpha value is -2.67. The van der Waals surface area contributed by atoms with Crippen LogP contribution in [0.5, 0.6) is 5.75 Å². The van der Waals surface area contributed by atoms with Crippen LogP contribution in [0.25, 0.3) is 0 Å². The molecular weight excluding hydrogens is 377 g/mol. The maximum absolute atomic E-state index is 13.0. The molecule has 0 bridgehead atoms. The molecule has 1 amide bonds. The normalized spacial score (nSPS) is 18.0. The number of para-hydroxylation sites is 1. The van der Waals surface area contributed by atoms with Crippen LogP contribution in [0.4, 0.5) is 4.39 Å². The quantitative estimate of drug-likeness (QED) is 0.412. The molecule has 2 aromatic carbocycles. The van der Waals surface area contributed by atoms with Gasteiger partial charge in [-0.05, 0) is 42.7 Å². The first-order valence-corrected chi connectivity index (χ1v) is 10.1. The Bertz CT molecular complexity index is 868. The fraction of sp³-hybridized carbons (Fsp3) is 0.286. The highest BCUT2D eigenvalue weighted by atomic mass is 32.2. The summed E-state index contributed by atoms with van der Waals surface area (Å²) in [4.78, 5) is 12.1. The third-order valence-corrected chi connectivity index (χ3v) is 5.20. The van der Waals surface area contributed by atoms with E-state index in [2.05, 4.69) is 22.4 Å². The van der Waals surface area contributed by atoms with Crippen LogP contribution in [0, 0.1) is 5.82 Å². The molecule has 3 rings (SSSR count). The number of halogens is 1. The van der Waals surface area contributed by atoms with E-state index in [0.29, 0.717) is 18.2 Å². The second-order valence-electron chi connectivity index (χ2n) is 6.32. The number of unbranched alkanes of at least 4 members (excludes halogenated alkanes) is 1. The molecule has 28 heavy (non-hydrogen) atoms. The van der Waals surface area contributed by atoms with Crippen molar-refractivity contribution in [3.05, 3.63) is 65.5 Å². The molecule has 0 aromatic heterocycles. The minimum absolute atomic E-state index is 0.119. The first-order chi connectivity index (χ1) is 13.7. The van der Waals surface area contributed by atoms with Crippen LogP contribution in [0.1, 0.15) is 30.9 Å². The van der Waals surface area contributed by atoms with Crippen LogP contribution in [-0.2, 0) is 11.2 Å². The molecular formula is C21H22FN3O2S. The van der Waals surface area contributed by atoms with Crippen molar-refractivity contribution in [2.24, 2.45) is 10.2 Å². The average molecular weight is 399 g/mol. The van der Waals surface area contributed by atoms with Crippen molar-refractivity contribution in [3.63, 3.8) is 0 Å². The predicted molar refractivity (Wildman–Crippen MR) is 111 cm³/mol. The van der Waals surface area contributed by atoms with Crippen molar-refractivity contribution in [3.8, 4) is 5.75 Å². The highest BCUT2D eigenvalue weighted by Crippen LogP contribution is 2.23. The van der Waals surface area contributed by atoms with Crippen molar-refractivity contribution in [1.29, 1.82) is 0 Å². The molecule has 1 fully saturated rings. The van der Waals surface area contributed by atoms with E-state index in [1.807, 2.05) is 24.3 Å². The third-order valence-electron chi connectivity index (χ3n) is 4.13. The summed E-state index contributed by atoms with van der Waals surface area (Å²) in [7, 11) is 0. The Morgan fingerprint density at radius 2 is 2.00 bits per heavy atom. The molecule has 146 valence electrons. The fourth-order valence-electron chi connectivity index (χ4n) is 2.61. The summed E-state index contributed by atoms with van der Waals surface area (Å²) in [5.74, 6) is 0.353. The van der Waals surface area contributed by atoms with Crippen molar-refractivity contribution in [1.82, 2.24) is 5.32 Å². The molecule has 1 saturated heterocycles. The zero-order valence-electron chi connectivity index (χ0n) is 15.6. The summed E-state index contributed by atoms with van der Waals surface area (Å²) in [6.45, 7) is 2.77. The Labute approximate surface area is 168 Å². The smallest absolute Gasteiger partial charge is 0.239 e. The van der Waals surface area contributed by atoms with E-state index in [1.54, 1.807) is 18.3 Å². The van der Waals surface area contributed by atoms with Crippen molar-refractivity contribution >= 4 is 29.1 Å². The molecule has 1 aliphatic rings. The predicted octanol–water partition coefficient (Wildman–Crippen LogP) is 4.17. The summed E-state index contributed by atoms with van der Waals surface area (Å²) in [5, 5.41) is 11.1. The van der Waals surface area contributed by atoms with Gasteiger partial charge in [0.2, 0.25) is 5.91 Å². The number of carbonyl (C=O) groups excluding carboxylic acids is 1. The van der Waals surface area contributed by atoms with Gasteiger partial charge >= 0.3 is 0 Å².